The van der Waals surface area contributed by atoms with Gasteiger partial charge in [0.15, 0.2) is 0 Å². The molecule has 1 unspecified atom stereocenters. The van der Waals surface area contributed by atoms with E-state index in [1.807, 2.05) is 25.1 Å². The third-order valence-electron chi connectivity index (χ3n) is 3.35. The highest BCUT2D eigenvalue weighted by Crippen LogP contribution is 2.26. The Bertz CT molecular complexity index is 362. The Balaban J connectivity index is 2.24. The molecule has 18 heavy (non-hydrogen) atoms. The van der Waals surface area contributed by atoms with Crippen LogP contribution in [0.3, 0.4) is 0 Å². The van der Waals surface area contributed by atoms with Crippen molar-refractivity contribution in [2.75, 3.05) is 6.61 Å². The molecule has 0 spiro atoms. The molecule has 0 saturated heterocycles. The van der Waals surface area contributed by atoms with E-state index in [0.29, 0.717) is 6.61 Å². The molecule has 0 aliphatic heterocycles. The van der Waals surface area contributed by atoms with Crippen molar-refractivity contribution in [1.29, 1.82) is 0 Å². The van der Waals surface area contributed by atoms with Crippen LogP contribution < -0.4 is 0 Å². The second-order valence-electron chi connectivity index (χ2n) is 5.84. The van der Waals surface area contributed by atoms with Crippen LogP contribution in [0.15, 0.2) is 30.3 Å². The van der Waals surface area contributed by atoms with Gasteiger partial charge in [-0.05, 0) is 23.8 Å². The first kappa shape index (κ1) is 14.7. The van der Waals surface area contributed by atoms with Crippen LogP contribution in [0.25, 0.3) is 0 Å². The third-order valence-corrected chi connectivity index (χ3v) is 3.35. The normalized spacial score (nSPS) is 13.1. The lowest BCUT2D eigenvalue weighted by Gasteiger charge is -2.25. The van der Waals surface area contributed by atoms with Crippen molar-refractivity contribution in [2.45, 2.75) is 40.5 Å². The topological polar surface area (TPSA) is 26.3 Å². The Morgan fingerprint density at radius 2 is 1.83 bits per heavy atom. The molecule has 0 radical (unpaired) electrons. The van der Waals surface area contributed by atoms with Gasteiger partial charge in [-0.1, -0.05) is 58.0 Å². The monoisotopic (exact) mass is 248 g/mol. The van der Waals surface area contributed by atoms with Crippen molar-refractivity contribution in [3.8, 4) is 0 Å². The van der Waals surface area contributed by atoms with E-state index in [0.717, 1.165) is 12.8 Å². The van der Waals surface area contributed by atoms with Gasteiger partial charge in [0.05, 0.1) is 12.5 Å². The summed E-state index contributed by atoms with van der Waals surface area (Å²) in [5.41, 5.74) is 1.26. The molecule has 0 aliphatic carbocycles. The number of rotatable bonds is 5. The summed E-state index contributed by atoms with van der Waals surface area (Å²) < 4.78 is 5.31. The summed E-state index contributed by atoms with van der Waals surface area (Å²) in [5, 5.41) is 0. The van der Waals surface area contributed by atoms with E-state index in [4.69, 9.17) is 4.74 Å². The first-order chi connectivity index (χ1) is 8.41. The Labute approximate surface area is 110 Å². The zero-order valence-corrected chi connectivity index (χ0v) is 11.9. The average molecular weight is 248 g/mol. The molecule has 100 valence electrons. The molecular formula is C16H24O2. The predicted molar refractivity (Wildman–Crippen MR) is 74.3 cm³/mol. The zero-order valence-electron chi connectivity index (χ0n) is 11.9. The van der Waals surface area contributed by atoms with Crippen LogP contribution in [-0.2, 0) is 16.0 Å². The minimum absolute atomic E-state index is 0.0312. The standard InChI is InChI=1S/C16H24O2/c1-13(16(2,3)4)15(17)18-12-8-11-14-9-6-5-7-10-14/h5-7,9-10,13H,8,11-12H2,1-4H3. The number of carbonyl (C=O) groups is 1. The van der Waals surface area contributed by atoms with E-state index < -0.39 is 0 Å². The summed E-state index contributed by atoms with van der Waals surface area (Å²) in [6, 6.07) is 10.3. The van der Waals surface area contributed by atoms with Gasteiger partial charge in [-0.3, -0.25) is 4.79 Å². The molecule has 1 rings (SSSR count). The number of esters is 1. The van der Waals surface area contributed by atoms with Crippen molar-refractivity contribution in [1.82, 2.24) is 0 Å². The molecule has 0 amide bonds. The molecule has 2 heteroatoms. The molecule has 2 nitrogen and oxygen atoms in total. The number of aryl methyl sites for hydroxylation is 1. The van der Waals surface area contributed by atoms with Gasteiger partial charge in [-0.2, -0.15) is 0 Å². The van der Waals surface area contributed by atoms with Gasteiger partial charge < -0.3 is 4.74 Å². The number of carbonyl (C=O) groups excluding carboxylic acids is 1. The smallest absolute Gasteiger partial charge is 0.309 e. The van der Waals surface area contributed by atoms with E-state index in [-0.39, 0.29) is 17.3 Å². The lowest BCUT2D eigenvalue weighted by molar-refractivity contribution is -0.151. The van der Waals surface area contributed by atoms with Crippen molar-refractivity contribution >= 4 is 5.97 Å². The van der Waals surface area contributed by atoms with Crippen LogP contribution in [0.1, 0.15) is 39.7 Å². The number of ether oxygens (including phenoxy) is 1. The van der Waals surface area contributed by atoms with E-state index in [1.54, 1.807) is 0 Å². The second-order valence-corrected chi connectivity index (χ2v) is 5.84. The highest BCUT2D eigenvalue weighted by molar-refractivity contribution is 5.72. The highest BCUT2D eigenvalue weighted by atomic mass is 16.5. The quantitative estimate of drug-likeness (QED) is 0.584. The number of hydrogen-bond acceptors (Lipinski definition) is 2. The van der Waals surface area contributed by atoms with Crippen LogP contribution in [-0.4, -0.2) is 12.6 Å². The molecular weight excluding hydrogens is 224 g/mol. The van der Waals surface area contributed by atoms with Crippen LogP contribution in [0.4, 0.5) is 0 Å². The van der Waals surface area contributed by atoms with Gasteiger partial charge in [-0.15, -0.1) is 0 Å². The SMILES string of the molecule is CC(C(=O)OCCCc1ccccc1)C(C)(C)C. The second kappa shape index (κ2) is 6.58. The minimum Gasteiger partial charge on any atom is -0.465 e. The summed E-state index contributed by atoms with van der Waals surface area (Å²) in [6.07, 6.45) is 1.84. The Kier molecular flexibility index (Phi) is 5.39. The summed E-state index contributed by atoms with van der Waals surface area (Å²) in [7, 11) is 0. The first-order valence-corrected chi connectivity index (χ1v) is 6.62. The maximum absolute atomic E-state index is 11.8. The van der Waals surface area contributed by atoms with Gasteiger partial charge in [0.1, 0.15) is 0 Å². The summed E-state index contributed by atoms with van der Waals surface area (Å²) in [4.78, 5) is 11.8. The first-order valence-electron chi connectivity index (χ1n) is 6.62. The van der Waals surface area contributed by atoms with E-state index in [9.17, 15) is 4.79 Å². The summed E-state index contributed by atoms with van der Waals surface area (Å²) in [6.45, 7) is 8.61. The molecule has 0 saturated carbocycles. The van der Waals surface area contributed by atoms with Crippen LogP contribution in [0, 0.1) is 11.3 Å². The molecule has 0 aromatic heterocycles. The molecule has 0 heterocycles. The van der Waals surface area contributed by atoms with E-state index >= 15 is 0 Å². The highest BCUT2D eigenvalue weighted by Gasteiger charge is 2.27. The Morgan fingerprint density at radius 3 is 2.39 bits per heavy atom. The van der Waals surface area contributed by atoms with Gasteiger partial charge in [0.25, 0.3) is 0 Å². The lowest BCUT2D eigenvalue weighted by atomic mass is 9.82. The van der Waals surface area contributed by atoms with Gasteiger partial charge in [0.2, 0.25) is 0 Å². The number of benzene rings is 1. The Hall–Kier alpha value is -1.31. The third kappa shape index (κ3) is 4.91. The minimum atomic E-state index is -0.0874. The van der Waals surface area contributed by atoms with Gasteiger partial charge in [0, 0.05) is 0 Å². The molecule has 0 aliphatic rings. The zero-order chi connectivity index (χ0) is 13.6. The number of hydrogen-bond donors (Lipinski definition) is 0. The fourth-order valence-corrected chi connectivity index (χ4v) is 1.57. The molecule has 0 fully saturated rings. The van der Waals surface area contributed by atoms with E-state index in [1.165, 1.54) is 5.56 Å². The maximum atomic E-state index is 11.8. The van der Waals surface area contributed by atoms with Crippen molar-refractivity contribution in [3.63, 3.8) is 0 Å². The molecule has 1 aromatic rings. The predicted octanol–water partition coefficient (Wildman–Crippen LogP) is 3.84. The van der Waals surface area contributed by atoms with Crippen LogP contribution in [0.5, 0.6) is 0 Å². The van der Waals surface area contributed by atoms with Crippen LogP contribution >= 0.6 is 0 Å². The largest absolute Gasteiger partial charge is 0.465 e. The average Bonchev–Trinajstić information content (AvgIpc) is 2.33. The molecule has 0 N–H and O–H groups in total. The van der Waals surface area contributed by atoms with Crippen molar-refractivity contribution in [3.05, 3.63) is 35.9 Å². The molecule has 1 atom stereocenters. The summed E-state index contributed by atoms with van der Waals surface area (Å²) >= 11 is 0. The summed E-state index contributed by atoms with van der Waals surface area (Å²) in [5.74, 6) is -0.148. The Morgan fingerprint density at radius 1 is 1.22 bits per heavy atom. The van der Waals surface area contributed by atoms with Gasteiger partial charge in [-0.25, -0.2) is 0 Å². The lowest BCUT2D eigenvalue weighted by Crippen LogP contribution is -2.27. The fraction of sp³-hybridized carbons (Fsp3) is 0.562. The van der Waals surface area contributed by atoms with Crippen molar-refractivity contribution in [2.24, 2.45) is 11.3 Å². The van der Waals surface area contributed by atoms with Crippen LogP contribution in [0.2, 0.25) is 0 Å². The molecule has 1 aromatic carbocycles. The van der Waals surface area contributed by atoms with Gasteiger partial charge >= 0.3 is 5.97 Å². The van der Waals surface area contributed by atoms with Crippen molar-refractivity contribution < 1.29 is 9.53 Å². The molecule has 0 bridgehead atoms. The fourth-order valence-electron chi connectivity index (χ4n) is 1.57. The maximum Gasteiger partial charge on any atom is 0.309 e. The van der Waals surface area contributed by atoms with E-state index in [2.05, 4.69) is 32.9 Å².